The number of ether oxygens (including phenoxy) is 1. The maximum Gasteiger partial charge on any atom is 0.387 e. The number of nitrogens with one attached hydrogen (secondary N) is 1. The van der Waals surface area contributed by atoms with Crippen molar-refractivity contribution in [2.24, 2.45) is 0 Å². The zero-order chi connectivity index (χ0) is 15.2. The summed E-state index contributed by atoms with van der Waals surface area (Å²) in [5.41, 5.74) is 0.0742. The third-order valence-electron chi connectivity index (χ3n) is 2.75. The molecule has 1 aromatic carbocycles. The van der Waals surface area contributed by atoms with Crippen LogP contribution in [0.5, 0.6) is 5.75 Å². The van der Waals surface area contributed by atoms with Crippen LogP contribution in [0.1, 0.15) is 17.3 Å². The largest absolute Gasteiger partial charge is 0.434 e. The highest BCUT2D eigenvalue weighted by Crippen LogP contribution is 2.20. The van der Waals surface area contributed by atoms with Crippen molar-refractivity contribution in [1.82, 2.24) is 15.1 Å². The quantitative estimate of drug-likeness (QED) is 0.889. The van der Waals surface area contributed by atoms with Crippen molar-refractivity contribution in [3.63, 3.8) is 0 Å². The molecule has 7 heteroatoms. The number of amides is 1. The normalized spacial score (nSPS) is 12.2. The minimum absolute atomic E-state index is 0.0742. The summed E-state index contributed by atoms with van der Waals surface area (Å²) < 4.78 is 30.6. The second-order valence-corrected chi connectivity index (χ2v) is 4.48. The molecule has 0 saturated carbocycles. The van der Waals surface area contributed by atoms with Gasteiger partial charge in [0.2, 0.25) is 0 Å². The predicted octanol–water partition coefficient (Wildman–Crippen LogP) is 2.30. The number of alkyl halides is 2. The molecule has 1 heterocycles. The number of hydrogen-bond donors (Lipinski definition) is 1. The molecule has 1 aromatic heterocycles. The Morgan fingerprint density at radius 3 is 2.81 bits per heavy atom. The number of benzene rings is 1. The third kappa shape index (κ3) is 4.27. The van der Waals surface area contributed by atoms with E-state index in [1.807, 2.05) is 0 Å². The molecule has 2 rings (SSSR count). The second-order valence-electron chi connectivity index (χ2n) is 4.48. The van der Waals surface area contributed by atoms with Crippen LogP contribution in [-0.2, 0) is 6.54 Å². The fourth-order valence-electron chi connectivity index (χ4n) is 1.89. The van der Waals surface area contributed by atoms with Crippen molar-refractivity contribution < 1.29 is 18.3 Å². The van der Waals surface area contributed by atoms with Crippen LogP contribution in [0, 0.1) is 0 Å². The van der Waals surface area contributed by atoms with E-state index in [1.165, 1.54) is 18.2 Å². The van der Waals surface area contributed by atoms with Gasteiger partial charge in [-0.3, -0.25) is 9.48 Å². The van der Waals surface area contributed by atoms with Gasteiger partial charge in [-0.15, -0.1) is 0 Å². The van der Waals surface area contributed by atoms with E-state index in [2.05, 4.69) is 15.2 Å². The number of carbonyl (C=O) groups excluding carboxylic acids is 1. The lowest BCUT2D eigenvalue weighted by Gasteiger charge is -2.15. The fourth-order valence-corrected chi connectivity index (χ4v) is 1.89. The van der Waals surface area contributed by atoms with Gasteiger partial charge in [0.15, 0.2) is 0 Å². The molecule has 0 bridgehead atoms. The summed E-state index contributed by atoms with van der Waals surface area (Å²) in [7, 11) is 0. The first kappa shape index (κ1) is 15.0. The van der Waals surface area contributed by atoms with Gasteiger partial charge in [-0.1, -0.05) is 12.1 Å². The molecule has 0 aliphatic carbocycles. The molecule has 0 saturated heterocycles. The van der Waals surface area contributed by atoms with Gasteiger partial charge >= 0.3 is 6.61 Å². The van der Waals surface area contributed by atoms with Gasteiger partial charge in [-0.05, 0) is 25.1 Å². The van der Waals surface area contributed by atoms with Crippen molar-refractivity contribution in [2.75, 3.05) is 0 Å². The summed E-state index contributed by atoms with van der Waals surface area (Å²) in [6, 6.07) is 7.46. The molecule has 1 amide bonds. The number of carbonyl (C=O) groups is 1. The average Bonchev–Trinajstić information content (AvgIpc) is 2.91. The topological polar surface area (TPSA) is 56.2 Å². The molecule has 112 valence electrons. The first-order valence-corrected chi connectivity index (χ1v) is 6.38. The Labute approximate surface area is 120 Å². The Bertz CT molecular complexity index is 588. The van der Waals surface area contributed by atoms with Crippen LogP contribution < -0.4 is 10.1 Å². The first-order chi connectivity index (χ1) is 10.1. The monoisotopic (exact) mass is 295 g/mol. The van der Waals surface area contributed by atoms with Crippen molar-refractivity contribution in [3.8, 4) is 5.75 Å². The molecule has 1 atom stereocenters. The van der Waals surface area contributed by atoms with Crippen LogP contribution in [0.15, 0.2) is 42.7 Å². The molecule has 0 radical (unpaired) electrons. The van der Waals surface area contributed by atoms with Crippen LogP contribution >= 0.6 is 0 Å². The summed E-state index contributed by atoms with van der Waals surface area (Å²) in [6.07, 6.45) is 3.41. The second kappa shape index (κ2) is 6.83. The SMILES string of the molecule is CC(Cn1cccn1)NC(=O)c1ccccc1OC(F)F. The van der Waals surface area contributed by atoms with Gasteiger partial charge < -0.3 is 10.1 Å². The highest BCUT2D eigenvalue weighted by atomic mass is 19.3. The van der Waals surface area contributed by atoms with Crippen molar-refractivity contribution in [2.45, 2.75) is 26.1 Å². The highest BCUT2D eigenvalue weighted by molar-refractivity contribution is 5.97. The number of nitrogens with zero attached hydrogens (tertiary/aromatic N) is 2. The lowest BCUT2D eigenvalue weighted by molar-refractivity contribution is -0.0501. The standard InChI is InChI=1S/C14H15F2N3O2/c1-10(9-19-8-4-7-17-19)18-13(20)11-5-2-3-6-12(11)21-14(15)16/h2-8,10,14H,9H2,1H3,(H,18,20). The molecule has 1 N–H and O–H groups in total. The molecule has 1 unspecified atom stereocenters. The van der Waals surface area contributed by atoms with Crippen molar-refractivity contribution >= 4 is 5.91 Å². The maximum absolute atomic E-state index is 12.3. The van der Waals surface area contributed by atoms with Crippen LogP contribution in [0.2, 0.25) is 0 Å². The number of hydrogen-bond acceptors (Lipinski definition) is 3. The lowest BCUT2D eigenvalue weighted by atomic mass is 10.1. The number of halogens is 2. The highest BCUT2D eigenvalue weighted by Gasteiger charge is 2.17. The van der Waals surface area contributed by atoms with E-state index >= 15 is 0 Å². The summed E-state index contributed by atoms with van der Waals surface area (Å²) >= 11 is 0. The van der Waals surface area contributed by atoms with Gasteiger partial charge in [0, 0.05) is 18.4 Å². The third-order valence-corrected chi connectivity index (χ3v) is 2.75. The van der Waals surface area contributed by atoms with Crippen LogP contribution in [0.25, 0.3) is 0 Å². The van der Waals surface area contributed by atoms with E-state index in [-0.39, 0.29) is 17.4 Å². The zero-order valence-electron chi connectivity index (χ0n) is 11.4. The Kier molecular flexibility index (Phi) is 4.86. The van der Waals surface area contributed by atoms with E-state index in [9.17, 15) is 13.6 Å². The predicted molar refractivity (Wildman–Crippen MR) is 72.2 cm³/mol. The van der Waals surface area contributed by atoms with E-state index in [4.69, 9.17) is 0 Å². The molecule has 5 nitrogen and oxygen atoms in total. The van der Waals surface area contributed by atoms with Crippen LogP contribution in [0.4, 0.5) is 8.78 Å². The molecule has 0 spiro atoms. The summed E-state index contributed by atoms with van der Waals surface area (Å²) in [4.78, 5) is 12.1. The Morgan fingerprint density at radius 2 is 2.14 bits per heavy atom. The Morgan fingerprint density at radius 1 is 1.38 bits per heavy atom. The summed E-state index contributed by atoms with van der Waals surface area (Å²) in [6.45, 7) is -0.687. The van der Waals surface area contributed by atoms with Crippen molar-refractivity contribution in [3.05, 3.63) is 48.3 Å². The fraction of sp³-hybridized carbons (Fsp3) is 0.286. The maximum atomic E-state index is 12.3. The molecule has 0 aliphatic heterocycles. The molecule has 0 aliphatic rings. The minimum Gasteiger partial charge on any atom is -0.434 e. The van der Waals surface area contributed by atoms with Gasteiger partial charge in [0.25, 0.3) is 5.91 Å². The van der Waals surface area contributed by atoms with E-state index in [0.29, 0.717) is 6.54 Å². The molecule has 21 heavy (non-hydrogen) atoms. The minimum atomic E-state index is -2.97. The zero-order valence-corrected chi connectivity index (χ0v) is 11.4. The Balaban J connectivity index is 2.02. The van der Waals surface area contributed by atoms with E-state index in [0.717, 1.165) is 0 Å². The van der Waals surface area contributed by atoms with E-state index in [1.54, 1.807) is 36.1 Å². The van der Waals surface area contributed by atoms with Gasteiger partial charge in [0.05, 0.1) is 12.1 Å². The molecular weight excluding hydrogens is 280 g/mol. The van der Waals surface area contributed by atoms with Crippen LogP contribution in [0.3, 0.4) is 0 Å². The van der Waals surface area contributed by atoms with Crippen molar-refractivity contribution in [1.29, 1.82) is 0 Å². The molecular formula is C14H15F2N3O2. The number of rotatable bonds is 6. The van der Waals surface area contributed by atoms with Gasteiger partial charge in [-0.2, -0.15) is 13.9 Å². The number of aromatic nitrogens is 2. The first-order valence-electron chi connectivity index (χ1n) is 6.38. The Hall–Kier alpha value is -2.44. The van der Waals surface area contributed by atoms with E-state index < -0.39 is 12.5 Å². The average molecular weight is 295 g/mol. The van der Waals surface area contributed by atoms with Gasteiger partial charge in [-0.25, -0.2) is 0 Å². The molecule has 2 aromatic rings. The summed E-state index contributed by atoms with van der Waals surface area (Å²) in [5.74, 6) is -0.609. The number of para-hydroxylation sites is 1. The summed E-state index contributed by atoms with van der Waals surface area (Å²) in [5, 5.41) is 6.76. The molecule has 0 fully saturated rings. The smallest absolute Gasteiger partial charge is 0.387 e. The van der Waals surface area contributed by atoms with Gasteiger partial charge in [0.1, 0.15) is 5.75 Å². The lowest BCUT2D eigenvalue weighted by Crippen LogP contribution is -2.36. The van der Waals surface area contributed by atoms with Crippen LogP contribution in [-0.4, -0.2) is 28.3 Å².